The van der Waals surface area contributed by atoms with Gasteiger partial charge in [0.2, 0.25) is 11.8 Å². The number of unbranched alkanes of at least 4 members (excludes halogenated alkanes) is 1. The van der Waals surface area contributed by atoms with E-state index in [0.29, 0.717) is 15.3 Å². The molecule has 7 nitrogen and oxygen atoms in total. The molecule has 0 bridgehead atoms. The zero-order valence-electron chi connectivity index (χ0n) is 14.7. The van der Waals surface area contributed by atoms with Crippen LogP contribution in [0.5, 0.6) is 0 Å². The Bertz CT molecular complexity index is 931. The third-order valence-corrected chi connectivity index (χ3v) is 5.77. The van der Waals surface area contributed by atoms with Gasteiger partial charge in [-0.1, -0.05) is 37.2 Å². The molecule has 2 heterocycles. The SMILES string of the molecule is CCCCSc1nc2c(c(=O)[nH]1)[C@H](C(=O)Nc1ccccc1Br)CC(=O)N2. The second-order valence-electron chi connectivity index (χ2n) is 6.11. The number of nitrogens with zero attached hydrogens (tertiary/aromatic N) is 1. The van der Waals surface area contributed by atoms with Crippen molar-refractivity contribution in [3.63, 3.8) is 0 Å². The Kier molecular flexibility index (Phi) is 6.33. The smallest absolute Gasteiger partial charge is 0.257 e. The Morgan fingerprint density at radius 3 is 2.89 bits per heavy atom. The number of halogens is 1. The summed E-state index contributed by atoms with van der Waals surface area (Å²) in [5.41, 5.74) is 0.372. The Morgan fingerprint density at radius 1 is 1.37 bits per heavy atom. The van der Waals surface area contributed by atoms with Gasteiger partial charge in [0.05, 0.1) is 17.2 Å². The molecule has 1 aromatic carbocycles. The van der Waals surface area contributed by atoms with Crippen molar-refractivity contribution in [2.45, 2.75) is 37.3 Å². The third-order valence-electron chi connectivity index (χ3n) is 4.11. The van der Waals surface area contributed by atoms with Gasteiger partial charge in [0.1, 0.15) is 5.82 Å². The summed E-state index contributed by atoms with van der Waals surface area (Å²) in [6.45, 7) is 2.08. The maximum absolute atomic E-state index is 12.8. The van der Waals surface area contributed by atoms with Crippen molar-refractivity contribution in [3.05, 3.63) is 44.7 Å². The summed E-state index contributed by atoms with van der Waals surface area (Å²) in [7, 11) is 0. The lowest BCUT2D eigenvalue weighted by molar-refractivity contribution is -0.123. The van der Waals surface area contributed by atoms with E-state index in [-0.39, 0.29) is 23.7 Å². The van der Waals surface area contributed by atoms with Crippen LogP contribution in [0.1, 0.15) is 37.7 Å². The van der Waals surface area contributed by atoms with Gasteiger partial charge in [0.25, 0.3) is 5.56 Å². The van der Waals surface area contributed by atoms with E-state index in [9.17, 15) is 14.4 Å². The highest BCUT2D eigenvalue weighted by Crippen LogP contribution is 2.31. The molecule has 1 aliphatic rings. The van der Waals surface area contributed by atoms with Crippen molar-refractivity contribution in [2.24, 2.45) is 0 Å². The topological polar surface area (TPSA) is 104 Å². The normalized spacial score (nSPS) is 15.8. The van der Waals surface area contributed by atoms with Crippen LogP contribution in [0, 0.1) is 0 Å². The Balaban J connectivity index is 1.88. The van der Waals surface area contributed by atoms with Gasteiger partial charge < -0.3 is 15.6 Å². The van der Waals surface area contributed by atoms with Crippen LogP contribution >= 0.6 is 27.7 Å². The average Bonchev–Trinajstić information content (AvgIpc) is 2.62. The first-order chi connectivity index (χ1) is 13.0. The second-order valence-corrected chi connectivity index (χ2v) is 8.05. The molecule has 2 amide bonds. The number of benzene rings is 1. The van der Waals surface area contributed by atoms with Crippen LogP contribution < -0.4 is 16.2 Å². The van der Waals surface area contributed by atoms with E-state index in [1.54, 1.807) is 18.2 Å². The Morgan fingerprint density at radius 2 is 2.15 bits per heavy atom. The largest absolute Gasteiger partial charge is 0.325 e. The first-order valence-corrected chi connectivity index (χ1v) is 10.4. The number of aromatic amines is 1. The minimum Gasteiger partial charge on any atom is -0.325 e. The van der Waals surface area contributed by atoms with Crippen molar-refractivity contribution in [2.75, 3.05) is 16.4 Å². The summed E-state index contributed by atoms with van der Waals surface area (Å²) in [4.78, 5) is 44.5. The van der Waals surface area contributed by atoms with E-state index >= 15 is 0 Å². The number of carbonyl (C=O) groups excluding carboxylic acids is 2. The number of para-hydroxylation sites is 1. The number of nitrogens with one attached hydrogen (secondary N) is 3. The van der Waals surface area contributed by atoms with Crippen molar-refractivity contribution in [1.29, 1.82) is 0 Å². The Labute approximate surface area is 168 Å². The van der Waals surface area contributed by atoms with Gasteiger partial charge in [-0.3, -0.25) is 14.4 Å². The molecule has 0 radical (unpaired) electrons. The summed E-state index contributed by atoms with van der Waals surface area (Å²) < 4.78 is 0.716. The predicted octanol–water partition coefficient (Wildman–Crippen LogP) is 3.49. The zero-order valence-corrected chi connectivity index (χ0v) is 17.1. The number of carbonyl (C=O) groups is 2. The zero-order chi connectivity index (χ0) is 19.4. The van der Waals surface area contributed by atoms with Crippen molar-refractivity contribution in [1.82, 2.24) is 9.97 Å². The minimum absolute atomic E-state index is 0.101. The van der Waals surface area contributed by atoms with Gasteiger partial charge in [-0.15, -0.1) is 0 Å². The van der Waals surface area contributed by atoms with E-state index in [4.69, 9.17) is 0 Å². The molecule has 0 aliphatic carbocycles. The van der Waals surface area contributed by atoms with E-state index in [1.165, 1.54) is 11.8 Å². The summed E-state index contributed by atoms with van der Waals surface area (Å²) in [5, 5.41) is 5.84. The van der Waals surface area contributed by atoms with E-state index in [1.807, 2.05) is 6.07 Å². The first-order valence-electron chi connectivity index (χ1n) is 8.61. The predicted molar refractivity (Wildman–Crippen MR) is 109 cm³/mol. The van der Waals surface area contributed by atoms with Crippen molar-refractivity contribution >= 4 is 51.0 Å². The number of aromatic nitrogens is 2. The molecule has 27 heavy (non-hydrogen) atoms. The molecule has 1 atom stereocenters. The van der Waals surface area contributed by atoms with Gasteiger partial charge in [-0.2, -0.15) is 0 Å². The second kappa shape index (κ2) is 8.71. The minimum atomic E-state index is -0.896. The van der Waals surface area contributed by atoms with Gasteiger partial charge >= 0.3 is 0 Å². The molecule has 0 saturated heterocycles. The molecule has 0 unspecified atom stereocenters. The third kappa shape index (κ3) is 4.59. The maximum atomic E-state index is 12.8. The number of fused-ring (bicyclic) bond motifs is 1. The molecule has 142 valence electrons. The summed E-state index contributed by atoms with van der Waals surface area (Å²) in [6.07, 6.45) is 1.93. The molecule has 3 rings (SSSR count). The number of amides is 2. The summed E-state index contributed by atoms with van der Waals surface area (Å²) in [6, 6.07) is 7.15. The lowest BCUT2D eigenvalue weighted by Crippen LogP contribution is -2.36. The summed E-state index contributed by atoms with van der Waals surface area (Å²) >= 11 is 4.79. The average molecular weight is 451 g/mol. The lowest BCUT2D eigenvalue weighted by Gasteiger charge is -2.23. The standard InChI is InChI=1S/C18H19BrN4O3S/c1-2-3-8-27-18-22-15-14(17(26)23-18)10(9-13(24)21-15)16(25)20-12-7-5-4-6-11(12)19/h4-7,10H,2-3,8-9H2,1H3,(H,20,25)(H2,21,22,23,24,26)/t10-/m1/s1. The number of anilines is 2. The lowest BCUT2D eigenvalue weighted by atomic mass is 9.92. The van der Waals surface area contributed by atoms with Gasteiger partial charge in [0.15, 0.2) is 5.16 Å². The van der Waals surface area contributed by atoms with Crippen LogP contribution in [0.3, 0.4) is 0 Å². The monoisotopic (exact) mass is 450 g/mol. The van der Waals surface area contributed by atoms with Crippen LogP contribution in [0.4, 0.5) is 11.5 Å². The maximum Gasteiger partial charge on any atom is 0.257 e. The highest BCUT2D eigenvalue weighted by Gasteiger charge is 2.34. The molecule has 2 aromatic rings. The van der Waals surface area contributed by atoms with E-state index < -0.39 is 17.4 Å². The molecule has 0 saturated carbocycles. The molecular weight excluding hydrogens is 432 g/mol. The molecular formula is C18H19BrN4O3S. The first kappa shape index (κ1) is 19.6. The van der Waals surface area contributed by atoms with Crippen LogP contribution in [0.25, 0.3) is 0 Å². The van der Waals surface area contributed by atoms with Crippen LogP contribution in [-0.4, -0.2) is 27.5 Å². The number of rotatable bonds is 6. The fraction of sp³-hybridized carbons (Fsp3) is 0.333. The van der Waals surface area contributed by atoms with Crippen molar-refractivity contribution in [3.8, 4) is 0 Å². The van der Waals surface area contributed by atoms with E-state index in [0.717, 1.165) is 18.6 Å². The van der Waals surface area contributed by atoms with Gasteiger partial charge in [-0.25, -0.2) is 4.98 Å². The molecule has 1 aliphatic heterocycles. The number of thioether (sulfide) groups is 1. The molecule has 0 fully saturated rings. The quantitative estimate of drug-likeness (QED) is 0.355. The molecule has 0 spiro atoms. The molecule has 9 heteroatoms. The number of hydrogen-bond acceptors (Lipinski definition) is 5. The fourth-order valence-corrected chi connectivity index (χ4v) is 4.07. The number of hydrogen-bond donors (Lipinski definition) is 3. The van der Waals surface area contributed by atoms with E-state index in [2.05, 4.69) is 43.5 Å². The fourth-order valence-electron chi connectivity index (χ4n) is 2.74. The molecule has 3 N–H and O–H groups in total. The number of H-pyrrole nitrogens is 1. The highest BCUT2D eigenvalue weighted by molar-refractivity contribution is 9.10. The molecule has 1 aromatic heterocycles. The Hall–Kier alpha value is -2.13. The van der Waals surface area contributed by atoms with Crippen LogP contribution in [0.15, 0.2) is 38.7 Å². The van der Waals surface area contributed by atoms with Crippen LogP contribution in [-0.2, 0) is 9.59 Å². The van der Waals surface area contributed by atoms with Gasteiger partial charge in [0, 0.05) is 16.6 Å². The summed E-state index contributed by atoms with van der Waals surface area (Å²) in [5.74, 6) is -0.667. The van der Waals surface area contributed by atoms with Crippen molar-refractivity contribution < 1.29 is 9.59 Å². The van der Waals surface area contributed by atoms with Gasteiger partial charge in [-0.05, 0) is 34.5 Å². The highest BCUT2D eigenvalue weighted by atomic mass is 79.9. The van der Waals surface area contributed by atoms with Crippen LogP contribution in [0.2, 0.25) is 0 Å².